The highest BCUT2D eigenvalue weighted by Crippen LogP contribution is 2.45. The Labute approximate surface area is 505 Å². The zero-order valence-corrected chi connectivity index (χ0v) is 55.3. The van der Waals surface area contributed by atoms with Crippen molar-refractivity contribution in [3.63, 3.8) is 0 Å². The molecule has 0 heterocycles. The third kappa shape index (κ3) is 58.8. The van der Waals surface area contributed by atoms with E-state index < -0.39 is 97.5 Å². The van der Waals surface area contributed by atoms with Crippen LogP contribution in [0.1, 0.15) is 318 Å². The summed E-state index contributed by atoms with van der Waals surface area (Å²) < 4.78 is 67.9. The zero-order chi connectivity index (χ0) is 61.5. The maximum absolute atomic E-state index is 13.0. The monoisotopic (exact) mass is 1230 g/mol. The molecule has 5 atom stereocenters. The predicted molar refractivity (Wildman–Crippen MR) is 331 cm³/mol. The maximum atomic E-state index is 13.0. The van der Waals surface area contributed by atoms with Crippen molar-refractivity contribution in [3.8, 4) is 0 Å². The minimum Gasteiger partial charge on any atom is -0.462 e. The number of unbranched alkanes of at least 4 members (excludes halogenated alkanes) is 33. The summed E-state index contributed by atoms with van der Waals surface area (Å²) in [7, 11) is -9.88. The van der Waals surface area contributed by atoms with Gasteiger partial charge in [-0.3, -0.25) is 37.3 Å². The Hall–Kier alpha value is -1.94. The molecule has 0 aromatic carbocycles. The molecule has 0 bridgehead atoms. The van der Waals surface area contributed by atoms with Gasteiger partial charge >= 0.3 is 39.5 Å². The molecule has 19 heteroatoms. The summed E-state index contributed by atoms with van der Waals surface area (Å²) in [5, 5.41) is 10.5. The Morgan fingerprint density at radius 2 is 0.554 bits per heavy atom. The molecule has 2 unspecified atom stereocenters. The van der Waals surface area contributed by atoms with Gasteiger partial charge in [0.2, 0.25) is 0 Å². The number of hydrogen-bond acceptors (Lipinski definition) is 15. The van der Waals surface area contributed by atoms with Crippen molar-refractivity contribution in [2.75, 3.05) is 39.6 Å². The molecular formula is C64H124O17P2. The van der Waals surface area contributed by atoms with Gasteiger partial charge in [0, 0.05) is 25.7 Å². The van der Waals surface area contributed by atoms with Crippen molar-refractivity contribution in [1.29, 1.82) is 0 Å². The van der Waals surface area contributed by atoms with E-state index in [-0.39, 0.29) is 25.7 Å². The Morgan fingerprint density at radius 3 is 0.819 bits per heavy atom. The number of esters is 4. The van der Waals surface area contributed by atoms with Gasteiger partial charge in [-0.15, -0.1) is 0 Å². The lowest BCUT2D eigenvalue weighted by molar-refractivity contribution is -0.161. The summed E-state index contributed by atoms with van der Waals surface area (Å²) in [6.07, 6.45) is 39.0. The molecule has 0 fully saturated rings. The molecule has 0 saturated heterocycles. The van der Waals surface area contributed by atoms with E-state index in [9.17, 15) is 43.2 Å². The van der Waals surface area contributed by atoms with Gasteiger partial charge in [-0.05, 0) is 37.5 Å². The van der Waals surface area contributed by atoms with E-state index in [0.29, 0.717) is 25.7 Å². The molecule has 0 rings (SSSR count). The van der Waals surface area contributed by atoms with Crippen LogP contribution in [0.15, 0.2) is 0 Å². The lowest BCUT2D eigenvalue weighted by atomic mass is 10.0. The predicted octanol–water partition coefficient (Wildman–Crippen LogP) is 17.7. The number of aliphatic hydroxyl groups excluding tert-OH is 1. The molecule has 0 aliphatic heterocycles. The van der Waals surface area contributed by atoms with Crippen LogP contribution in [0.5, 0.6) is 0 Å². The second-order valence-electron chi connectivity index (χ2n) is 24.1. The lowest BCUT2D eigenvalue weighted by Gasteiger charge is -2.21. The summed E-state index contributed by atoms with van der Waals surface area (Å²) in [4.78, 5) is 72.1. The number of carbonyl (C=O) groups is 4. The van der Waals surface area contributed by atoms with Crippen molar-refractivity contribution >= 4 is 39.5 Å². The summed E-state index contributed by atoms with van der Waals surface area (Å²) in [5.41, 5.74) is 0. The van der Waals surface area contributed by atoms with Crippen LogP contribution in [0, 0.1) is 11.8 Å². The molecule has 492 valence electrons. The molecule has 0 aromatic rings. The molecule has 0 amide bonds. The smallest absolute Gasteiger partial charge is 0.462 e. The number of carbonyl (C=O) groups excluding carboxylic acids is 4. The van der Waals surface area contributed by atoms with Crippen LogP contribution < -0.4 is 0 Å². The Morgan fingerprint density at radius 1 is 0.325 bits per heavy atom. The Bertz CT molecular complexity index is 1630. The number of phosphoric acid groups is 2. The number of phosphoric ester groups is 2. The molecule has 3 N–H and O–H groups in total. The third-order valence-electron chi connectivity index (χ3n) is 14.7. The minimum atomic E-state index is -4.94. The average Bonchev–Trinajstić information content (AvgIpc) is 3.45. The third-order valence-corrected chi connectivity index (χ3v) is 16.6. The van der Waals surface area contributed by atoms with E-state index in [2.05, 4.69) is 41.5 Å². The van der Waals surface area contributed by atoms with Crippen LogP contribution in [0.25, 0.3) is 0 Å². The van der Waals surface area contributed by atoms with Crippen LogP contribution in [-0.2, 0) is 65.4 Å². The zero-order valence-electron chi connectivity index (χ0n) is 53.5. The Balaban J connectivity index is 5.21. The first-order chi connectivity index (χ1) is 39.9. The second kappa shape index (κ2) is 56.6. The molecule has 17 nitrogen and oxygen atoms in total. The largest absolute Gasteiger partial charge is 0.472 e. The molecule has 0 aliphatic rings. The number of aliphatic hydroxyl groups is 1. The van der Waals surface area contributed by atoms with E-state index in [0.717, 1.165) is 115 Å². The van der Waals surface area contributed by atoms with Crippen LogP contribution in [0.4, 0.5) is 0 Å². The fourth-order valence-corrected chi connectivity index (χ4v) is 11.1. The number of ether oxygens (including phenoxy) is 4. The van der Waals surface area contributed by atoms with Gasteiger partial charge in [-0.25, -0.2) is 9.13 Å². The Kier molecular flexibility index (Phi) is 55.2. The molecule has 0 radical (unpaired) electrons. The summed E-state index contributed by atoms with van der Waals surface area (Å²) in [5.74, 6) is -0.618. The average molecular weight is 1230 g/mol. The van der Waals surface area contributed by atoms with Gasteiger partial charge in [0.25, 0.3) is 0 Å². The lowest BCUT2D eigenvalue weighted by Crippen LogP contribution is -2.30. The van der Waals surface area contributed by atoms with Gasteiger partial charge in [0.1, 0.15) is 19.3 Å². The van der Waals surface area contributed by atoms with Gasteiger partial charge in [-0.1, -0.05) is 266 Å². The fourth-order valence-electron chi connectivity index (χ4n) is 9.53. The molecule has 83 heavy (non-hydrogen) atoms. The van der Waals surface area contributed by atoms with E-state index >= 15 is 0 Å². The molecule has 0 saturated carbocycles. The highest BCUT2D eigenvalue weighted by atomic mass is 31.2. The van der Waals surface area contributed by atoms with Crippen molar-refractivity contribution in [3.05, 3.63) is 0 Å². The van der Waals surface area contributed by atoms with Crippen LogP contribution in [0.2, 0.25) is 0 Å². The topological polar surface area (TPSA) is 237 Å². The molecular weight excluding hydrogens is 1100 g/mol. The van der Waals surface area contributed by atoms with Crippen LogP contribution in [0.3, 0.4) is 0 Å². The summed E-state index contributed by atoms with van der Waals surface area (Å²) >= 11 is 0. The van der Waals surface area contributed by atoms with E-state index in [1.807, 2.05) is 0 Å². The normalized spacial score (nSPS) is 14.3. The van der Waals surface area contributed by atoms with Crippen LogP contribution >= 0.6 is 15.6 Å². The molecule has 0 aromatic heterocycles. The van der Waals surface area contributed by atoms with E-state index in [1.165, 1.54) is 122 Å². The first-order valence-corrected chi connectivity index (χ1v) is 36.5. The van der Waals surface area contributed by atoms with E-state index in [4.69, 9.17) is 37.0 Å². The number of hydrogen-bond donors (Lipinski definition) is 3. The van der Waals surface area contributed by atoms with Gasteiger partial charge in [-0.2, -0.15) is 0 Å². The summed E-state index contributed by atoms with van der Waals surface area (Å²) in [6, 6.07) is 0. The molecule has 0 spiro atoms. The first kappa shape index (κ1) is 81.1. The molecule has 0 aliphatic carbocycles. The fraction of sp³-hybridized carbons (Fsp3) is 0.938. The van der Waals surface area contributed by atoms with Crippen LogP contribution in [-0.4, -0.2) is 96.7 Å². The van der Waals surface area contributed by atoms with Crippen molar-refractivity contribution in [2.24, 2.45) is 11.8 Å². The van der Waals surface area contributed by atoms with E-state index in [1.54, 1.807) is 0 Å². The SMILES string of the molecule is CCCCCCCCCCCC(=O)O[C@H](COC(=O)CCCCCCCCC)COP(=O)(O)OC[C@H](O)COP(=O)(O)OC[C@@H](COC(=O)CCCCCCCCCCCC(C)C)OC(=O)CCCCCCCCCCCCCCC(C)C. The van der Waals surface area contributed by atoms with Crippen molar-refractivity contribution < 1.29 is 80.2 Å². The standard InChI is InChI=1S/C64H124O17P2/c1-7-9-11-13-15-21-30-36-42-48-63(68)80-59(52-74-61(66)46-40-34-26-14-12-10-8-2)54-78-82(70,71)76-50-58(65)51-77-83(72,73)79-55-60(53-75-62(67)47-41-35-29-25-20-23-28-33-39-45-57(5)6)81-64(69)49-43-37-31-24-19-17-16-18-22-27-32-38-44-56(3)4/h56-60,65H,7-55H2,1-6H3,(H,70,71)(H,72,73)/t58-,59+,60+/m0/s1. The first-order valence-electron chi connectivity index (χ1n) is 33.5. The van der Waals surface area contributed by atoms with Gasteiger partial charge in [0.15, 0.2) is 12.2 Å². The van der Waals surface area contributed by atoms with Gasteiger partial charge < -0.3 is 33.8 Å². The minimum absolute atomic E-state index is 0.105. The highest BCUT2D eigenvalue weighted by molar-refractivity contribution is 7.47. The van der Waals surface area contributed by atoms with Gasteiger partial charge in [0.05, 0.1) is 26.4 Å². The maximum Gasteiger partial charge on any atom is 0.472 e. The number of rotatable bonds is 63. The van der Waals surface area contributed by atoms with Crippen molar-refractivity contribution in [1.82, 2.24) is 0 Å². The van der Waals surface area contributed by atoms with Crippen molar-refractivity contribution in [2.45, 2.75) is 336 Å². The quantitative estimate of drug-likeness (QED) is 0.0222. The second-order valence-corrected chi connectivity index (χ2v) is 27.0. The highest BCUT2D eigenvalue weighted by Gasteiger charge is 2.30. The summed E-state index contributed by atoms with van der Waals surface area (Å²) in [6.45, 7) is 9.43.